The van der Waals surface area contributed by atoms with Crippen molar-refractivity contribution in [2.24, 2.45) is 13.0 Å². The van der Waals surface area contributed by atoms with Crippen molar-refractivity contribution in [1.29, 1.82) is 0 Å². The van der Waals surface area contributed by atoms with Crippen molar-refractivity contribution < 1.29 is 13.2 Å². The summed E-state index contributed by atoms with van der Waals surface area (Å²) in [6.07, 6.45) is 9.23. The molecule has 2 N–H and O–H groups in total. The van der Waals surface area contributed by atoms with Crippen LogP contribution in [0.5, 0.6) is 0 Å². The maximum Gasteiger partial charge on any atom is 0.243 e. The van der Waals surface area contributed by atoms with Crippen LogP contribution in [0, 0.1) is 5.92 Å². The van der Waals surface area contributed by atoms with Gasteiger partial charge in [0.25, 0.3) is 0 Å². The number of aromatic nitrogens is 2. The van der Waals surface area contributed by atoms with E-state index in [2.05, 4.69) is 15.1 Å². The topological polar surface area (TPSA) is 93.1 Å². The van der Waals surface area contributed by atoms with E-state index in [1.54, 1.807) is 7.05 Å². The van der Waals surface area contributed by atoms with Gasteiger partial charge in [0.1, 0.15) is 4.90 Å². The number of carbonyl (C=O) groups excluding carboxylic acids is 1. The Hall–Kier alpha value is -1.41. The van der Waals surface area contributed by atoms with Gasteiger partial charge in [-0.15, -0.1) is 0 Å². The highest BCUT2D eigenvalue weighted by Crippen LogP contribution is 2.25. The molecule has 1 amide bonds. The van der Waals surface area contributed by atoms with Gasteiger partial charge in [0.2, 0.25) is 15.9 Å². The van der Waals surface area contributed by atoms with E-state index in [0.29, 0.717) is 18.9 Å². The summed E-state index contributed by atoms with van der Waals surface area (Å²) in [6.45, 7) is 0.471. The molecule has 124 valence electrons. The fourth-order valence-corrected chi connectivity index (χ4v) is 3.75. The van der Waals surface area contributed by atoms with Crippen LogP contribution in [0.15, 0.2) is 17.3 Å². The molecule has 0 atom stereocenters. The number of hydrogen-bond donors (Lipinski definition) is 2. The third-order valence-corrected chi connectivity index (χ3v) is 5.35. The highest BCUT2D eigenvalue weighted by atomic mass is 32.2. The van der Waals surface area contributed by atoms with E-state index >= 15 is 0 Å². The van der Waals surface area contributed by atoms with Gasteiger partial charge in [0.15, 0.2) is 0 Å². The van der Waals surface area contributed by atoms with Crippen molar-refractivity contribution in [2.75, 3.05) is 13.1 Å². The van der Waals surface area contributed by atoms with Gasteiger partial charge in [0, 0.05) is 32.8 Å². The van der Waals surface area contributed by atoms with Crippen molar-refractivity contribution in [3.05, 3.63) is 12.4 Å². The van der Waals surface area contributed by atoms with Gasteiger partial charge in [-0.2, -0.15) is 5.10 Å². The third-order valence-electron chi connectivity index (χ3n) is 3.93. The molecule has 1 fully saturated rings. The molecule has 0 saturated heterocycles. The first kappa shape index (κ1) is 17.0. The van der Waals surface area contributed by atoms with Crippen LogP contribution >= 0.6 is 0 Å². The number of rotatable bonds is 7. The molecule has 0 spiro atoms. The minimum Gasteiger partial charge on any atom is -0.355 e. The van der Waals surface area contributed by atoms with E-state index in [-0.39, 0.29) is 17.3 Å². The molecule has 1 saturated carbocycles. The first-order chi connectivity index (χ1) is 10.5. The Morgan fingerprint density at radius 2 is 2.05 bits per heavy atom. The number of hydrogen-bond acceptors (Lipinski definition) is 4. The predicted octanol–water partition coefficient (Wildman–Crippen LogP) is 0.785. The van der Waals surface area contributed by atoms with Crippen molar-refractivity contribution in [3.8, 4) is 0 Å². The molecule has 0 unspecified atom stereocenters. The number of nitrogens with one attached hydrogen (secondary N) is 2. The summed E-state index contributed by atoms with van der Waals surface area (Å²) in [5.41, 5.74) is 0. The van der Waals surface area contributed by atoms with E-state index in [1.807, 2.05) is 0 Å². The smallest absolute Gasteiger partial charge is 0.243 e. The quantitative estimate of drug-likeness (QED) is 0.724. The molecule has 1 aromatic rings. The van der Waals surface area contributed by atoms with Crippen molar-refractivity contribution in [1.82, 2.24) is 19.8 Å². The number of sulfonamides is 1. The zero-order valence-corrected chi connectivity index (χ0v) is 13.7. The van der Waals surface area contributed by atoms with Crippen molar-refractivity contribution in [3.63, 3.8) is 0 Å². The van der Waals surface area contributed by atoms with Gasteiger partial charge in [-0.1, -0.05) is 19.3 Å². The summed E-state index contributed by atoms with van der Waals surface area (Å²) < 4.78 is 27.7. The molecule has 8 heteroatoms. The zero-order chi connectivity index (χ0) is 16.0. The van der Waals surface area contributed by atoms with Crippen molar-refractivity contribution in [2.45, 2.75) is 43.4 Å². The first-order valence-electron chi connectivity index (χ1n) is 7.72. The van der Waals surface area contributed by atoms with Crippen LogP contribution < -0.4 is 10.0 Å². The van der Waals surface area contributed by atoms with Crippen LogP contribution in [0.25, 0.3) is 0 Å². The molecule has 0 bridgehead atoms. The molecular formula is C14H24N4O3S. The van der Waals surface area contributed by atoms with E-state index in [9.17, 15) is 13.2 Å². The summed E-state index contributed by atoms with van der Waals surface area (Å²) in [7, 11) is -1.89. The van der Waals surface area contributed by atoms with Gasteiger partial charge in [-0.3, -0.25) is 9.48 Å². The van der Waals surface area contributed by atoms with Gasteiger partial charge >= 0.3 is 0 Å². The molecule has 22 heavy (non-hydrogen) atoms. The summed E-state index contributed by atoms with van der Waals surface area (Å²) >= 11 is 0. The summed E-state index contributed by atoms with van der Waals surface area (Å²) in [5.74, 6) is 0.494. The van der Waals surface area contributed by atoms with Gasteiger partial charge in [-0.05, 0) is 18.8 Å². The van der Waals surface area contributed by atoms with Crippen molar-refractivity contribution >= 4 is 15.9 Å². The molecule has 2 rings (SSSR count). The fourth-order valence-electron chi connectivity index (χ4n) is 2.73. The van der Waals surface area contributed by atoms with E-state index in [0.717, 1.165) is 12.8 Å². The number of nitrogens with zero attached hydrogens (tertiary/aromatic N) is 2. The summed E-state index contributed by atoms with van der Waals surface area (Å²) in [4.78, 5) is 11.9. The van der Waals surface area contributed by atoms with E-state index in [1.165, 1.54) is 36.3 Å². The largest absolute Gasteiger partial charge is 0.355 e. The fraction of sp³-hybridized carbons (Fsp3) is 0.714. The van der Waals surface area contributed by atoms with Crippen LogP contribution in [0.1, 0.15) is 38.5 Å². The lowest BCUT2D eigenvalue weighted by Gasteiger charge is -2.20. The second-order valence-corrected chi connectivity index (χ2v) is 7.57. The molecule has 7 nitrogen and oxygen atoms in total. The second kappa shape index (κ2) is 7.73. The summed E-state index contributed by atoms with van der Waals surface area (Å²) in [5, 5.41) is 6.60. The Bertz CT molecular complexity index is 591. The Morgan fingerprint density at radius 1 is 1.32 bits per heavy atom. The maximum atomic E-state index is 11.9. The standard InChI is InChI=1S/C14H24N4O3S/c1-18-11-13(10-16-18)22(20,21)17-8-7-15-14(19)9-12-5-3-2-4-6-12/h10-12,17H,2-9H2,1H3,(H,15,19). The minimum absolute atomic E-state index is 0.00692. The lowest BCUT2D eigenvalue weighted by molar-refractivity contribution is -0.122. The molecule has 1 aliphatic rings. The third kappa shape index (κ3) is 5.10. The van der Waals surface area contributed by atoms with E-state index in [4.69, 9.17) is 0 Å². The molecule has 0 radical (unpaired) electrons. The first-order valence-corrected chi connectivity index (χ1v) is 9.21. The lowest BCUT2D eigenvalue weighted by atomic mass is 9.87. The van der Waals surface area contributed by atoms with Gasteiger partial charge in [-0.25, -0.2) is 13.1 Å². The summed E-state index contributed by atoms with van der Waals surface area (Å²) in [6, 6.07) is 0. The number of amides is 1. The minimum atomic E-state index is -3.55. The van der Waals surface area contributed by atoms with Gasteiger partial charge < -0.3 is 5.32 Å². The molecule has 0 aromatic carbocycles. The number of carbonyl (C=O) groups is 1. The van der Waals surface area contributed by atoms with Crippen LogP contribution in [-0.4, -0.2) is 37.2 Å². The Kier molecular flexibility index (Phi) is 5.96. The lowest BCUT2D eigenvalue weighted by Crippen LogP contribution is -2.35. The number of aryl methyl sites for hydroxylation is 1. The molecular weight excluding hydrogens is 304 g/mol. The maximum absolute atomic E-state index is 11.9. The predicted molar refractivity (Wildman–Crippen MR) is 82.6 cm³/mol. The second-order valence-electron chi connectivity index (χ2n) is 5.81. The Morgan fingerprint density at radius 3 is 2.68 bits per heavy atom. The zero-order valence-electron chi connectivity index (χ0n) is 12.9. The average Bonchev–Trinajstić information content (AvgIpc) is 2.92. The molecule has 0 aliphatic heterocycles. The van der Waals surface area contributed by atoms with Crippen LogP contribution in [-0.2, 0) is 21.9 Å². The SMILES string of the molecule is Cn1cc(S(=O)(=O)NCCNC(=O)CC2CCCCC2)cn1. The highest BCUT2D eigenvalue weighted by molar-refractivity contribution is 7.89. The van der Waals surface area contributed by atoms with Crippen LogP contribution in [0.2, 0.25) is 0 Å². The molecule has 1 aliphatic carbocycles. The normalized spacial score (nSPS) is 16.6. The Balaban J connectivity index is 1.67. The van der Waals surface area contributed by atoms with E-state index < -0.39 is 10.0 Å². The van der Waals surface area contributed by atoms with Crippen LogP contribution in [0.4, 0.5) is 0 Å². The molecule has 1 aromatic heterocycles. The molecule has 1 heterocycles. The Labute approximate surface area is 131 Å². The highest BCUT2D eigenvalue weighted by Gasteiger charge is 2.17. The monoisotopic (exact) mass is 328 g/mol. The van der Waals surface area contributed by atoms with Gasteiger partial charge in [0.05, 0.1) is 6.20 Å². The van der Waals surface area contributed by atoms with Crippen LogP contribution in [0.3, 0.4) is 0 Å². The average molecular weight is 328 g/mol.